The van der Waals surface area contributed by atoms with E-state index in [0.29, 0.717) is 11.0 Å². The maximum Gasteiger partial charge on any atom is 0.137 e. The Hall–Kier alpha value is -1.19. The summed E-state index contributed by atoms with van der Waals surface area (Å²) in [5, 5.41) is 0. The van der Waals surface area contributed by atoms with Crippen molar-refractivity contribution in [1.29, 1.82) is 0 Å². The summed E-state index contributed by atoms with van der Waals surface area (Å²) in [5.41, 5.74) is 8.45. The molecular formula is C13H11BrFN. The predicted octanol–water partition coefficient (Wildman–Crippen LogP) is 3.71. The molecule has 1 nitrogen and oxygen atoms in total. The highest BCUT2D eigenvalue weighted by atomic mass is 79.9. The SMILES string of the molecule is NCc1cccc(-c2ccc(Br)c(F)c2)c1. The summed E-state index contributed by atoms with van der Waals surface area (Å²) in [4.78, 5) is 0. The lowest BCUT2D eigenvalue weighted by Gasteiger charge is -2.05. The normalized spacial score (nSPS) is 10.4. The molecule has 16 heavy (non-hydrogen) atoms. The minimum absolute atomic E-state index is 0.254. The van der Waals surface area contributed by atoms with E-state index < -0.39 is 0 Å². The molecule has 0 unspecified atom stereocenters. The van der Waals surface area contributed by atoms with Gasteiger partial charge in [0.2, 0.25) is 0 Å². The van der Waals surface area contributed by atoms with Gasteiger partial charge in [0.15, 0.2) is 0 Å². The van der Waals surface area contributed by atoms with Gasteiger partial charge in [-0.05, 0) is 50.8 Å². The summed E-state index contributed by atoms with van der Waals surface area (Å²) in [6, 6.07) is 12.9. The second-order valence-corrected chi connectivity index (χ2v) is 4.39. The first-order valence-electron chi connectivity index (χ1n) is 4.95. The smallest absolute Gasteiger partial charge is 0.137 e. The number of rotatable bonds is 2. The molecular weight excluding hydrogens is 269 g/mol. The van der Waals surface area contributed by atoms with E-state index in [0.717, 1.165) is 16.7 Å². The molecule has 2 aromatic rings. The van der Waals surface area contributed by atoms with Gasteiger partial charge >= 0.3 is 0 Å². The highest BCUT2D eigenvalue weighted by Crippen LogP contribution is 2.25. The summed E-state index contributed by atoms with van der Waals surface area (Å²) in [5.74, 6) is -0.254. The van der Waals surface area contributed by atoms with Crippen molar-refractivity contribution in [2.45, 2.75) is 6.54 Å². The minimum Gasteiger partial charge on any atom is -0.326 e. The van der Waals surface area contributed by atoms with Gasteiger partial charge in [0.25, 0.3) is 0 Å². The minimum atomic E-state index is -0.254. The molecule has 0 aliphatic heterocycles. The highest BCUT2D eigenvalue weighted by Gasteiger charge is 2.03. The Morgan fingerprint density at radius 3 is 2.50 bits per heavy atom. The number of halogens is 2. The zero-order valence-corrected chi connectivity index (χ0v) is 10.2. The van der Waals surface area contributed by atoms with Gasteiger partial charge in [-0.1, -0.05) is 24.3 Å². The second-order valence-electron chi connectivity index (χ2n) is 3.53. The van der Waals surface area contributed by atoms with E-state index in [-0.39, 0.29) is 5.82 Å². The van der Waals surface area contributed by atoms with E-state index in [9.17, 15) is 4.39 Å². The molecule has 0 aliphatic rings. The van der Waals surface area contributed by atoms with Gasteiger partial charge in [0, 0.05) is 6.54 Å². The van der Waals surface area contributed by atoms with Crippen molar-refractivity contribution >= 4 is 15.9 Å². The van der Waals surface area contributed by atoms with Crippen molar-refractivity contribution in [3.8, 4) is 11.1 Å². The van der Waals surface area contributed by atoms with Crippen LogP contribution < -0.4 is 5.73 Å². The number of hydrogen-bond acceptors (Lipinski definition) is 1. The molecule has 2 aromatic carbocycles. The Balaban J connectivity index is 2.46. The number of hydrogen-bond donors (Lipinski definition) is 1. The monoisotopic (exact) mass is 279 g/mol. The van der Waals surface area contributed by atoms with E-state index in [1.54, 1.807) is 6.07 Å². The molecule has 0 fully saturated rings. The molecule has 3 heteroatoms. The van der Waals surface area contributed by atoms with Crippen molar-refractivity contribution in [3.05, 3.63) is 58.3 Å². The van der Waals surface area contributed by atoms with Crippen molar-refractivity contribution < 1.29 is 4.39 Å². The molecule has 82 valence electrons. The lowest BCUT2D eigenvalue weighted by atomic mass is 10.0. The largest absolute Gasteiger partial charge is 0.326 e. The zero-order chi connectivity index (χ0) is 11.5. The average Bonchev–Trinajstić information content (AvgIpc) is 2.33. The van der Waals surface area contributed by atoms with Crippen LogP contribution in [-0.2, 0) is 6.54 Å². The van der Waals surface area contributed by atoms with E-state index in [1.165, 1.54) is 6.07 Å². The molecule has 0 bridgehead atoms. The van der Waals surface area contributed by atoms with E-state index in [1.807, 2.05) is 30.3 Å². The fourth-order valence-electron chi connectivity index (χ4n) is 1.55. The maximum atomic E-state index is 13.4. The number of benzene rings is 2. The molecule has 0 saturated carbocycles. The van der Waals surface area contributed by atoms with E-state index in [4.69, 9.17) is 5.73 Å². The van der Waals surface area contributed by atoms with Crippen LogP contribution in [0.25, 0.3) is 11.1 Å². The first kappa shape index (κ1) is 11.3. The van der Waals surface area contributed by atoms with Gasteiger partial charge in [-0.25, -0.2) is 4.39 Å². The highest BCUT2D eigenvalue weighted by molar-refractivity contribution is 9.10. The van der Waals surface area contributed by atoms with Crippen molar-refractivity contribution in [1.82, 2.24) is 0 Å². The van der Waals surface area contributed by atoms with Crippen LogP contribution in [0.15, 0.2) is 46.9 Å². The van der Waals surface area contributed by atoms with Crippen LogP contribution in [0.5, 0.6) is 0 Å². The third kappa shape index (κ3) is 2.31. The van der Waals surface area contributed by atoms with Crippen molar-refractivity contribution in [3.63, 3.8) is 0 Å². The van der Waals surface area contributed by atoms with Gasteiger partial charge < -0.3 is 5.73 Å². The Bertz CT molecular complexity index is 511. The summed E-state index contributed by atoms with van der Waals surface area (Å²) >= 11 is 3.14. The predicted molar refractivity (Wildman–Crippen MR) is 67.4 cm³/mol. The van der Waals surface area contributed by atoms with Crippen molar-refractivity contribution in [2.24, 2.45) is 5.73 Å². The van der Waals surface area contributed by atoms with Crippen LogP contribution in [-0.4, -0.2) is 0 Å². The molecule has 0 aromatic heterocycles. The van der Waals surface area contributed by atoms with Gasteiger partial charge in [-0.15, -0.1) is 0 Å². The Kier molecular flexibility index (Phi) is 3.36. The molecule has 2 N–H and O–H groups in total. The first-order chi connectivity index (χ1) is 7.70. The average molecular weight is 280 g/mol. The molecule has 0 atom stereocenters. The molecule has 0 heterocycles. The lowest BCUT2D eigenvalue weighted by Crippen LogP contribution is -1.95. The van der Waals surface area contributed by atoms with Crippen LogP contribution in [0.4, 0.5) is 4.39 Å². The molecule has 2 rings (SSSR count). The molecule has 0 spiro atoms. The summed E-state index contributed by atoms with van der Waals surface area (Å²) in [7, 11) is 0. The molecule has 0 radical (unpaired) electrons. The molecule has 0 aliphatic carbocycles. The van der Waals surface area contributed by atoms with Crippen LogP contribution in [0.3, 0.4) is 0 Å². The Labute approximate surface area is 102 Å². The Morgan fingerprint density at radius 2 is 1.81 bits per heavy atom. The topological polar surface area (TPSA) is 26.0 Å². The number of nitrogens with two attached hydrogens (primary N) is 1. The molecule has 0 amide bonds. The van der Waals surface area contributed by atoms with E-state index in [2.05, 4.69) is 15.9 Å². The van der Waals surface area contributed by atoms with Crippen LogP contribution in [0.2, 0.25) is 0 Å². The maximum absolute atomic E-state index is 13.4. The zero-order valence-electron chi connectivity index (χ0n) is 8.58. The van der Waals surface area contributed by atoms with Gasteiger partial charge in [-0.3, -0.25) is 0 Å². The van der Waals surface area contributed by atoms with Crippen LogP contribution in [0, 0.1) is 5.82 Å². The van der Waals surface area contributed by atoms with Gasteiger partial charge in [-0.2, -0.15) is 0 Å². The Morgan fingerprint density at radius 1 is 1.06 bits per heavy atom. The summed E-state index contributed by atoms with van der Waals surface area (Å²) < 4.78 is 13.9. The van der Waals surface area contributed by atoms with Crippen LogP contribution in [0.1, 0.15) is 5.56 Å². The third-order valence-corrected chi connectivity index (χ3v) is 3.06. The lowest BCUT2D eigenvalue weighted by molar-refractivity contribution is 0.621. The fraction of sp³-hybridized carbons (Fsp3) is 0.0769. The van der Waals surface area contributed by atoms with Crippen molar-refractivity contribution in [2.75, 3.05) is 0 Å². The summed E-state index contributed by atoms with van der Waals surface area (Å²) in [6.07, 6.45) is 0. The third-order valence-electron chi connectivity index (χ3n) is 2.42. The quantitative estimate of drug-likeness (QED) is 0.891. The molecule has 0 saturated heterocycles. The van der Waals surface area contributed by atoms with Gasteiger partial charge in [0.1, 0.15) is 5.82 Å². The van der Waals surface area contributed by atoms with E-state index >= 15 is 0 Å². The van der Waals surface area contributed by atoms with Gasteiger partial charge in [0.05, 0.1) is 4.47 Å². The first-order valence-corrected chi connectivity index (χ1v) is 5.74. The second kappa shape index (κ2) is 4.76. The van der Waals surface area contributed by atoms with Crippen LogP contribution >= 0.6 is 15.9 Å². The summed E-state index contributed by atoms with van der Waals surface area (Å²) in [6.45, 7) is 0.493. The standard InChI is InChI=1S/C13H11BrFN/c14-12-5-4-11(7-13(12)15)10-3-1-2-9(6-10)8-16/h1-7H,8,16H2. The fourth-order valence-corrected chi connectivity index (χ4v) is 1.80.